The van der Waals surface area contributed by atoms with E-state index in [-0.39, 0.29) is 5.56 Å². The summed E-state index contributed by atoms with van der Waals surface area (Å²) in [5.41, 5.74) is 2.53. The van der Waals surface area contributed by atoms with E-state index >= 15 is 0 Å². The summed E-state index contributed by atoms with van der Waals surface area (Å²) in [5.74, 6) is -3.76. The minimum Gasteiger partial charge on any atom is -0.463 e. The molecule has 5 unspecified atom stereocenters. The second-order valence-electron chi connectivity index (χ2n) is 8.25. The molecule has 11 heteroatoms. The van der Waals surface area contributed by atoms with Crippen LogP contribution in [0.4, 0.5) is 0 Å². The number of hydrogen-bond donors (Lipinski definition) is 0. The van der Waals surface area contributed by atoms with E-state index in [0.29, 0.717) is 11.1 Å². The second kappa shape index (κ2) is 11.8. The molecule has 1 saturated heterocycles. The van der Waals surface area contributed by atoms with Crippen molar-refractivity contribution in [2.45, 2.75) is 79.2 Å². The lowest BCUT2D eigenvalue weighted by atomic mass is 9.97. The van der Waals surface area contributed by atoms with Gasteiger partial charge in [0.05, 0.1) is 5.56 Å². The van der Waals surface area contributed by atoms with Crippen LogP contribution in [0, 0.1) is 20.8 Å². The largest absolute Gasteiger partial charge is 0.463 e. The number of hydrogen-bond acceptors (Lipinski definition) is 11. The van der Waals surface area contributed by atoms with Gasteiger partial charge in [0.2, 0.25) is 12.4 Å². The van der Waals surface area contributed by atoms with Crippen LogP contribution in [0.2, 0.25) is 0 Å². The van der Waals surface area contributed by atoms with Gasteiger partial charge in [0.25, 0.3) is 0 Å². The average molecular weight is 494 g/mol. The number of rotatable bonds is 7. The molecule has 0 N–H and O–H groups in total. The van der Waals surface area contributed by atoms with Crippen LogP contribution in [0.15, 0.2) is 12.1 Å². The lowest BCUT2D eigenvalue weighted by Gasteiger charge is -2.43. The van der Waals surface area contributed by atoms with E-state index in [1.807, 2.05) is 6.92 Å². The molecule has 0 amide bonds. The van der Waals surface area contributed by atoms with E-state index in [2.05, 4.69) is 0 Å². The number of aryl methyl sites for hydroxylation is 3. The van der Waals surface area contributed by atoms with Gasteiger partial charge in [0, 0.05) is 27.7 Å². The van der Waals surface area contributed by atoms with E-state index in [0.717, 1.165) is 33.3 Å². The number of benzene rings is 1. The van der Waals surface area contributed by atoms with Crippen molar-refractivity contribution >= 4 is 29.8 Å². The third-order valence-electron chi connectivity index (χ3n) is 5.05. The van der Waals surface area contributed by atoms with Crippen molar-refractivity contribution in [3.05, 3.63) is 34.4 Å². The molecular formula is C24H30O11. The lowest BCUT2D eigenvalue weighted by molar-refractivity contribution is -0.294. The minimum absolute atomic E-state index is 0.281. The van der Waals surface area contributed by atoms with Gasteiger partial charge < -0.3 is 28.4 Å². The molecule has 35 heavy (non-hydrogen) atoms. The molecule has 0 radical (unpaired) electrons. The van der Waals surface area contributed by atoms with Crippen molar-refractivity contribution < 1.29 is 52.4 Å². The number of carbonyl (C=O) groups excluding carboxylic acids is 5. The van der Waals surface area contributed by atoms with Crippen molar-refractivity contribution in [1.29, 1.82) is 0 Å². The van der Waals surface area contributed by atoms with Crippen molar-refractivity contribution in [3.8, 4) is 0 Å². The summed E-state index contributed by atoms with van der Waals surface area (Å²) >= 11 is 0. The van der Waals surface area contributed by atoms with Gasteiger partial charge in [0.15, 0.2) is 12.2 Å². The summed E-state index contributed by atoms with van der Waals surface area (Å²) in [6, 6.07) is 3.60. The summed E-state index contributed by atoms with van der Waals surface area (Å²) in [7, 11) is 0. The third-order valence-corrected chi connectivity index (χ3v) is 5.05. The third kappa shape index (κ3) is 7.51. The predicted molar refractivity (Wildman–Crippen MR) is 118 cm³/mol. The van der Waals surface area contributed by atoms with Gasteiger partial charge in [-0.1, -0.05) is 17.7 Å². The van der Waals surface area contributed by atoms with Gasteiger partial charge in [-0.3, -0.25) is 19.2 Å². The van der Waals surface area contributed by atoms with Crippen LogP contribution in [0.3, 0.4) is 0 Å². The Morgan fingerprint density at radius 3 is 1.69 bits per heavy atom. The van der Waals surface area contributed by atoms with Crippen LogP contribution >= 0.6 is 0 Å². The van der Waals surface area contributed by atoms with Crippen molar-refractivity contribution in [2.24, 2.45) is 0 Å². The van der Waals surface area contributed by atoms with Crippen LogP contribution in [0.1, 0.15) is 54.7 Å². The predicted octanol–water partition coefficient (Wildman–Crippen LogP) is 1.85. The first-order valence-corrected chi connectivity index (χ1v) is 10.9. The van der Waals surface area contributed by atoms with Crippen LogP contribution in [-0.4, -0.2) is 67.2 Å². The Balaban J connectivity index is 2.50. The molecule has 1 fully saturated rings. The first kappa shape index (κ1) is 27.8. The summed E-state index contributed by atoms with van der Waals surface area (Å²) in [5, 5.41) is 0. The van der Waals surface area contributed by atoms with Crippen molar-refractivity contribution in [3.63, 3.8) is 0 Å². The van der Waals surface area contributed by atoms with Crippen LogP contribution < -0.4 is 0 Å². The SMILES string of the molecule is CC(=O)OCC1OC(OC(=O)c2c(C)cc(C)cc2C)C(OC(C)=O)C(OC(C)=O)C1OC(C)=O. The highest BCUT2D eigenvalue weighted by Gasteiger charge is 2.53. The maximum Gasteiger partial charge on any atom is 0.341 e. The van der Waals surface area contributed by atoms with Crippen molar-refractivity contribution in [1.82, 2.24) is 0 Å². The Bertz CT molecular complexity index is 976. The van der Waals surface area contributed by atoms with Gasteiger partial charge in [-0.05, 0) is 31.9 Å². The lowest BCUT2D eigenvalue weighted by Crippen LogP contribution is -2.63. The average Bonchev–Trinajstić information content (AvgIpc) is 2.69. The quantitative estimate of drug-likeness (QED) is 0.405. The second-order valence-corrected chi connectivity index (χ2v) is 8.25. The highest BCUT2D eigenvalue weighted by atomic mass is 16.7. The smallest absolute Gasteiger partial charge is 0.341 e. The molecule has 11 nitrogen and oxygen atoms in total. The first-order valence-electron chi connectivity index (χ1n) is 10.9. The zero-order valence-electron chi connectivity index (χ0n) is 20.7. The molecule has 1 aromatic carbocycles. The van der Waals surface area contributed by atoms with Gasteiger partial charge in [-0.2, -0.15) is 0 Å². The van der Waals surface area contributed by atoms with Gasteiger partial charge >= 0.3 is 29.8 Å². The van der Waals surface area contributed by atoms with Crippen LogP contribution in [0.25, 0.3) is 0 Å². The molecule has 0 aliphatic carbocycles. The Kier molecular flexibility index (Phi) is 9.35. The standard InChI is InChI=1S/C24H30O11/c1-11-8-12(2)19(13(3)9-11)23(29)35-24-22(33-17(7)28)21(32-16(6)27)20(31-15(5)26)18(34-24)10-30-14(4)25/h8-9,18,20-22,24H,10H2,1-7H3. The summed E-state index contributed by atoms with van der Waals surface area (Å²) < 4.78 is 32.3. The summed E-state index contributed by atoms with van der Waals surface area (Å²) in [6.07, 6.45) is -7.03. The van der Waals surface area contributed by atoms with Gasteiger partial charge in [0.1, 0.15) is 12.7 Å². The maximum absolute atomic E-state index is 13.1. The number of esters is 5. The number of ether oxygens (including phenoxy) is 6. The molecule has 0 saturated carbocycles. The molecular weight excluding hydrogens is 464 g/mol. The van der Waals surface area contributed by atoms with E-state index in [1.54, 1.807) is 26.0 Å². The molecule has 5 atom stereocenters. The monoisotopic (exact) mass is 494 g/mol. The fraction of sp³-hybridized carbons (Fsp3) is 0.542. The first-order chi connectivity index (χ1) is 16.3. The molecule has 0 spiro atoms. The van der Waals surface area contributed by atoms with Crippen molar-refractivity contribution in [2.75, 3.05) is 6.61 Å². The topological polar surface area (TPSA) is 141 Å². The molecule has 1 heterocycles. The maximum atomic E-state index is 13.1. The van der Waals surface area contributed by atoms with Gasteiger partial charge in [-0.15, -0.1) is 0 Å². The van der Waals surface area contributed by atoms with E-state index in [9.17, 15) is 24.0 Å². The highest BCUT2D eigenvalue weighted by molar-refractivity contribution is 5.93. The zero-order chi connectivity index (χ0) is 26.4. The molecule has 1 aliphatic rings. The Hall–Kier alpha value is -3.47. The molecule has 192 valence electrons. The molecule has 1 aromatic rings. The van der Waals surface area contributed by atoms with E-state index in [1.165, 1.54) is 0 Å². The van der Waals surface area contributed by atoms with Crippen LogP contribution in [0.5, 0.6) is 0 Å². The molecule has 1 aliphatic heterocycles. The normalized spacial score (nSPS) is 23.6. The van der Waals surface area contributed by atoms with Crippen LogP contribution in [-0.2, 0) is 47.6 Å². The Morgan fingerprint density at radius 2 is 1.20 bits per heavy atom. The molecule has 2 rings (SSSR count). The number of carbonyl (C=O) groups is 5. The highest BCUT2D eigenvalue weighted by Crippen LogP contribution is 2.31. The minimum atomic E-state index is -1.58. The Labute approximate surface area is 202 Å². The zero-order valence-corrected chi connectivity index (χ0v) is 20.7. The fourth-order valence-electron chi connectivity index (χ4n) is 3.95. The van der Waals surface area contributed by atoms with E-state index in [4.69, 9.17) is 28.4 Å². The molecule has 0 aromatic heterocycles. The summed E-state index contributed by atoms with van der Waals surface area (Å²) in [4.78, 5) is 60.1. The van der Waals surface area contributed by atoms with Gasteiger partial charge in [-0.25, -0.2) is 4.79 Å². The van der Waals surface area contributed by atoms with E-state index < -0.39 is 67.2 Å². The summed E-state index contributed by atoms with van der Waals surface area (Å²) in [6.45, 7) is 9.42. The Morgan fingerprint density at radius 1 is 0.714 bits per heavy atom. The molecule has 0 bridgehead atoms. The fourth-order valence-corrected chi connectivity index (χ4v) is 3.95.